The summed E-state index contributed by atoms with van der Waals surface area (Å²) in [5, 5.41) is 25.0. The number of fused-ring (bicyclic) bond motifs is 3. The van der Waals surface area contributed by atoms with E-state index in [1.165, 1.54) is 42.5 Å². The number of benzene rings is 2. The lowest BCUT2D eigenvalue weighted by Gasteiger charge is -2.63. The number of nitrogens with one attached hydrogen (secondary N) is 6. The van der Waals surface area contributed by atoms with E-state index >= 15 is 0 Å². The molecule has 2 aromatic carbocycles. The van der Waals surface area contributed by atoms with Crippen LogP contribution in [0.4, 0.5) is 0 Å². The number of rotatable bonds is 11. The fourth-order valence-corrected chi connectivity index (χ4v) is 15.7. The zero-order valence-electron chi connectivity index (χ0n) is 40.0. The van der Waals surface area contributed by atoms with E-state index in [1.807, 2.05) is 0 Å². The second kappa shape index (κ2) is 18.8. The number of hydrogen-bond acceptors (Lipinski definition) is 13. The van der Waals surface area contributed by atoms with Gasteiger partial charge in [0, 0.05) is 79.0 Å². The Balaban J connectivity index is 0.702. The summed E-state index contributed by atoms with van der Waals surface area (Å²) in [4.78, 5) is 24.7. The van der Waals surface area contributed by atoms with E-state index in [0.29, 0.717) is 51.9 Å². The number of carbonyl (C=O) groups is 1. The third-order valence-electron chi connectivity index (χ3n) is 17.2. The van der Waals surface area contributed by atoms with E-state index in [4.69, 9.17) is 26.1 Å². The standard InChI is InChI=1S/C51H73ClN10O3S/c1-28-29(2)66-46-42(28)43(57-40(23-41-54-16-18-64-41)44-60-59-30(3)62(44)46)33-12-10-31(11-13-33)19-32-20-36(21-32)35-9-8-17-61(27-35)49-55-25-37(26-56-49)45(63)58-47-50(4,5)48(51(47,6)7)65-38-15-14-34(24-53)39(52)22-38/h10-15,22,28-30,32,35-37,40-42,44,46-49,54-56,59-60H,8-9,16-21,23,25-27H2,1-7H3,(H,58,63)/t28?,29?,30?,32?,35-,36?,37?,40-,41?,42?,44?,46?,47?,48?,49?/m0/s1. The predicted molar refractivity (Wildman–Crippen MR) is 262 cm³/mol. The maximum absolute atomic E-state index is 13.8. The molecule has 0 aromatic heterocycles. The van der Waals surface area contributed by atoms with Crippen molar-refractivity contribution in [2.24, 2.45) is 51.3 Å². The predicted octanol–water partition coefficient (Wildman–Crippen LogP) is 5.89. The van der Waals surface area contributed by atoms with E-state index in [0.717, 1.165) is 56.8 Å². The molecule has 6 N–H and O–H groups in total. The Morgan fingerprint density at radius 3 is 2.48 bits per heavy atom. The lowest BCUT2D eigenvalue weighted by atomic mass is 9.49. The van der Waals surface area contributed by atoms with Gasteiger partial charge in [0.2, 0.25) is 5.91 Å². The number of thioether (sulfide) groups is 1. The summed E-state index contributed by atoms with van der Waals surface area (Å²) in [6, 6.07) is 16.9. The first-order valence-electron chi connectivity index (χ1n) is 25.0. The molecule has 2 aromatic rings. The number of piperidine rings is 1. The highest BCUT2D eigenvalue weighted by Crippen LogP contribution is 2.56. The number of nitriles is 1. The molecule has 7 unspecified atom stereocenters. The van der Waals surface area contributed by atoms with Crippen molar-refractivity contribution in [1.29, 1.82) is 5.26 Å². The van der Waals surface area contributed by atoms with Crippen molar-refractivity contribution >= 4 is 35.0 Å². The zero-order valence-corrected chi connectivity index (χ0v) is 41.6. The van der Waals surface area contributed by atoms with Crippen molar-refractivity contribution < 1.29 is 14.3 Å². The molecule has 6 aliphatic heterocycles. The number of carbonyl (C=O) groups excluding carboxylic acids is 1. The molecule has 0 bridgehead atoms. The van der Waals surface area contributed by atoms with Gasteiger partial charge in [-0.2, -0.15) is 5.26 Å². The lowest BCUT2D eigenvalue weighted by Crippen LogP contribution is -2.75. The molecule has 0 radical (unpaired) electrons. The van der Waals surface area contributed by atoms with Crippen molar-refractivity contribution in [3.63, 3.8) is 0 Å². The topological polar surface area (TPSA) is 150 Å². The highest BCUT2D eigenvalue weighted by molar-refractivity contribution is 8.00. The molecule has 7 fully saturated rings. The van der Waals surface area contributed by atoms with Crippen LogP contribution < -0.4 is 36.9 Å². The van der Waals surface area contributed by atoms with Gasteiger partial charge in [0.05, 0.1) is 46.9 Å². The van der Waals surface area contributed by atoms with Crippen LogP contribution in [-0.4, -0.2) is 114 Å². The van der Waals surface area contributed by atoms with Crippen LogP contribution in [-0.2, 0) is 16.0 Å². The summed E-state index contributed by atoms with van der Waals surface area (Å²) in [7, 11) is 0. The van der Waals surface area contributed by atoms with Crippen LogP contribution in [0.25, 0.3) is 0 Å². The Kier molecular flexibility index (Phi) is 13.4. The number of aliphatic imine (C=N–C) groups is 1. The molecule has 5 saturated heterocycles. The summed E-state index contributed by atoms with van der Waals surface area (Å²) in [6.45, 7) is 20.9. The van der Waals surface area contributed by atoms with Gasteiger partial charge in [0.15, 0.2) is 0 Å². The number of hydrazine groups is 1. The molecule has 358 valence electrons. The van der Waals surface area contributed by atoms with Gasteiger partial charge in [0.1, 0.15) is 30.4 Å². The van der Waals surface area contributed by atoms with Crippen molar-refractivity contribution in [1.82, 2.24) is 41.9 Å². The molecule has 9 atom stereocenters. The van der Waals surface area contributed by atoms with Crippen molar-refractivity contribution in [2.75, 3.05) is 39.3 Å². The molecular formula is C51H73ClN10O3S. The summed E-state index contributed by atoms with van der Waals surface area (Å²) in [5.74, 6) is 3.70. The van der Waals surface area contributed by atoms with E-state index in [9.17, 15) is 10.1 Å². The van der Waals surface area contributed by atoms with Gasteiger partial charge < -0.3 is 14.8 Å². The largest absolute Gasteiger partial charge is 0.489 e. The van der Waals surface area contributed by atoms with Gasteiger partial charge >= 0.3 is 0 Å². The number of likely N-dealkylation sites (tertiary alicyclic amines) is 1. The molecule has 2 aliphatic carbocycles. The fourth-order valence-electron chi connectivity index (χ4n) is 13.6. The van der Waals surface area contributed by atoms with Gasteiger partial charge in [-0.3, -0.25) is 35.5 Å². The minimum Gasteiger partial charge on any atom is -0.489 e. The third-order valence-corrected chi connectivity index (χ3v) is 19.2. The van der Waals surface area contributed by atoms with Gasteiger partial charge in [-0.25, -0.2) is 10.9 Å². The Morgan fingerprint density at radius 2 is 1.79 bits per heavy atom. The van der Waals surface area contributed by atoms with E-state index < -0.39 is 0 Å². The average molecular weight is 942 g/mol. The van der Waals surface area contributed by atoms with E-state index in [-0.39, 0.29) is 65.7 Å². The Hall–Kier alpha value is -2.81. The van der Waals surface area contributed by atoms with Crippen molar-refractivity contribution in [2.45, 2.75) is 141 Å². The quantitative estimate of drug-likeness (QED) is 0.160. The number of hydrogen-bond donors (Lipinski definition) is 6. The number of amides is 1. The SMILES string of the molecule is CC1SC2C(C(c3ccc(CC4CC([C@H]5CCCN(C6NCC(C(=O)NC7C(C)(C)C(Oc8ccc(C#N)c(Cl)c8)C7(C)C)CN6)C5)C4)cc3)=N[C@@H](CC3NCCO3)C3NNC(C)N23)C1C. The minimum absolute atomic E-state index is 0.0421. The molecule has 6 heterocycles. The molecule has 15 heteroatoms. The number of ether oxygens (including phenoxy) is 2. The molecule has 8 aliphatic rings. The first kappa shape index (κ1) is 46.9. The molecule has 13 nitrogen and oxygen atoms in total. The zero-order chi connectivity index (χ0) is 46.1. The number of nitrogens with zero attached hydrogens (tertiary/aromatic N) is 4. The second-order valence-electron chi connectivity index (χ2n) is 22.3. The minimum atomic E-state index is -0.299. The van der Waals surface area contributed by atoms with Crippen LogP contribution >= 0.6 is 23.4 Å². The summed E-state index contributed by atoms with van der Waals surface area (Å²) >= 11 is 8.43. The smallest absolute Gasteiger partial charge is 0.225 e. The fraction of sp³-hybridized carbons (Fsp3) is 0.706. The van der Waals surface area contributed by atoms with Crippen LogP contribution in [0, 0.1) is 57.7 Å². The first-order valence-corrected chi connectivity index (χ1v) is 26.3. The summed E-state index contributed by atoms with van der Waals surface area (Å²) in [5.41, 5.74) is 11.0. The van der Waals surface area contributed by atoms with Gasteiger partial charge in [0.25, 0.3) is 0 Å². The van der Waals surface area contributed by atoms with Crippen LogP contribution in [0.5, 0.6) is 5.75 Å². The monoisotopic (exact) mass is 941 g/mol. The number of halogens is 1. The molecule has 2 saturated carbocycles. The van der Waals surface area contributed by atoms with Crippen LogP contribution in [0.15, 0.2) is 47.5 Å². The van der Waals surface area contributed by atoms with Crippen LogP contribution in [0.2, 0.25) is 5.02 Å². The Bertz CT molecular complexity index is 2130. The van der Waals surface area contributed by atoms with Crippen LogP contribution in [0.1, 0.15) is 97.3 Å². The average Bonchev–Trinajstić information content (AvgIpc) is 4.01. The molecular weight excluding hydrogens is 868 g/mol. The summed E-state index contributed by atoms with van der Waals surface area (Å²) in [6.07, 6.45) is 7.52. The summed E-state index contributed by atoms with van der Waals surface area (Å²) < 4.78 is 12.5. The highest BCUT2D eigenvalue weighted by atomic mass is 35.5. The Labute approximate surface area is 402 Å². The van der Waals surface area contributed by atoms with Crippen molar-refractivity contribution in [3.8, 4) is 11.8 Å². The maximum atomic E-state index is 13.8. The van der Waals surface area contributed by atoms with Gasteiger partial charge in [-0.1, -0.05) is 77.4 Å². The lowest BCUT2D eigenvalue weighted by molar-refractivity contribution is -0.174. The van der Waals surface area contributed by atoms with Gasteiger partial charge in [-0.05, 0) is 86.0 Å². The van der Waals surface area contributed by atoms with Crippen LogP contribution in [0.3, 0.4) is 0 Å². The highest BCUT2D eigenvalue weighted by Gasteiger charge is 2.64. The third kappa shape index (κ3) is 8.86. The molecule has 1 amide bonds. The second-order valence-corrected chi connectivity index (χ2v) is 24.2. The molecule has 10 rings (SSSR count). The van der Waals surface area contributed by atoms with E-state index in [1.54, 1.807) is 18.2 Å². The Morgan fingerprint density at radius 1 is 1.03 bits per heavy atom. The maximum Gasteiger partial charge on any atom is 0.225 e. The van der Waals surface area contributed by atoms with Crippen molar-refractivity contribution in [3.05, 3.63) is 64.2 Å². The molecule has 0 spiro atoms. The normalized spacial score (nSPS) is 39.6. The van der Waals surface area contributed by atoms with E-state index in [2.05, 4.69) is 132 Å². The van der Waals surface area contributed by atoms with Gasteiger partial charge in [-0.15, -0.1) is 11.8 Å². The molecule has 66 heavy (non-hydrogen) atoms. The first-order chi connectivity index (χ1) is 31.7.